The molecule has 0 radical (unpaired) electrons. The van der Waals surface area contributed by atoms with Crippen molar-refractivity contribution in [3.63, 3.8) is 0 Å². The maximum absolute atomic E-state index is 12.8. The van der Waals surface area contributed by atoms with Crippen LogP contribution in [0.2, 0.25) is 0 Å². The molecule has 1 atom stereocenters. The van der Waals surface area contributed by atoms with Gasteiger partial charge in [-0.2, -0.15) is 0 Å². The highest BCUT2D eigenvalue weighted by molar-refractivity contribution is 9.10. The fourth-order valence-electron chi connectivity index (χ4n) is 0.652. The van der Waals surface area contributed by atoms with Gasteiger partial charge in [0.2, 0.25) is 0 Å². The fraction of sp³-hybridized carbons (Fsp3) is 0. The third kappa shape index (κ3) is 2.59. The lowest BCUT2D eigenvalue weighted by atomic mass is 10.3. The van der Waals surface area contributed by atoms with Crippen molar-refractivity contribution < 1.29 is 18.4 Å². The lowest BCUT2D eigenvalue weighted by molar-refractivity contribution is 0.398. The standard InChI is InChI=1S/C6H5BrFO3P/c7-4-1-2-6(5(8)3-4)11-12(9)10/h1-3,12H,(H,9,10). The van der Waals surface area contributed by atoms with E-state index in [1.807, 2.05) is 0 Å². The Balaban J connectivity index is 2.93. The second-order valence-electron chi connectivity index (χ2n) is 1.94. The Labute approximate surface area is 77.3 Å². The molecule has 6 heteroatoms. The highest BCUT2D eigenvalue weighted by atomic mass is 79.9. The summed E-state index contributed by atoms with van der Waals surface area (Å²) in [5, 5.41) is 0. The first-order valence-electron chi connectivity index (χ1n) is 2.95. The zero-order valence-corrected chi connectivity index (χ0v) is 8.34. The summed E-state index contributed by atoms with van der Waals surface area (Å²) in [6.45, 7) is 0. The maximum Gasteiger partial charge on any atom is 0.365 e. The first-order chi connectivity index (χ1) is 5.59. The van der Waals surface area contributed by atoms with Crippen molar-refractivity contribution in [1.82, 2.24) is 0 Å². The largest absolute Gasteiger partial charge is 0.423 e. The SMILES string of the molecule is O=[PH](O)Oc1ccc(Br)cc1F. The Hall–Kier alpha value is -0.380. The average Bonchev–Trinajstić information content (AvgIpc) is 1.94. The first kappa shape index (κ1) is 9.71. The molecule has 0 aliphatic heterocycles. The van der Waals surface area contributed by atoms with Gasteiger partial charge in [0.05, 0.1) is 0 Å². The molecular weight excluding hydrogens is 250 g/mol. The smallest absolute Gasteiger partial charge is 0.365 e. The summed E-state index contributed by atoms with van der Waals surface area (Å²) in [6.07, 6.45) is 0. The maximum atomic E-state index is 12.8. The molecule has 0 heterocycles. The molecule has 66 valence electrons. The van der Waals surface area contributed by atoms with E-state index < -0.39 is 14.1 Å². The monoisotopic (exact) mass is 254 g/mol. The third-order valence-electron chi connectivity index (χ3n) is 1.09. The Bertz CT molecular complexity index is 318. The number of halogens is 2. The van der Waals surface area contributed by atoms with Crippen LogP contribution in [-0.2, 0) is 4.57 Å². The van der Waals surface area contributed by atoms with E-state index in [9.17, 15) is 8.96 Å². The van der Waals surface area contributed by atoms with E-state index in [0.717, 1.165) is 6.07 Å². The topological polar surface area (TPSA) is 46.5 Å². The average molecular weight is 255 g/mol. The van der Waals surface area contributed by atoms with E-state index in [1.165, 1.54) is 12.1 Å². The van der Waals surface area contributed by atoms with Crippen LogP contribution in [0.25, 0.3) is 0 Å². The van der Waals surface area contributed by atoms with E-state index in [4.69, 9.17) is 4.89 Å². The molecular formula is C6H5BrFO3P. The van der Waals surface area contributed by atoms with Gasteiger partial charge in [0.1, 0.15) is 0 Å². The van der Waals surface area contributed by atoms with Crippen LogP contribution in [0.3, 0.4) is 0 Å². The lowest BCUT2D eigenvalue weighted by Crippen LogP contribution is -1.84. The Morgan fingerprint density at radius 1 is 1.58 bits per heavy atom. The molecule has 0 amide bonds. The number of hydrogen-bond acceptors (Lipinski definition) is 2. The van der Waals surface area contributed by atoms with Gasteiger partial charge >= 0.3 is 8.25 Å². The van der Waals surface area contributed by atoms with E-state index in [2.05, 4.69) is 20.5 Å². The predicted octanol–water partition coefficient (Wildman–Crippen LogP) is 2.35. The molecule has 0 bridgehead atoms. The van der Waals surface area contributed by atoms with Crippen LogP contribution in [0, 0.1) is 5.82 Å². The molecule has 1 aromatic rings. The zero-order valence-electron chi connectivity index (χ0n) is 5.75. The minimum absolute atomic E-state index is 0.218. The van der Waals surface area contributed by atoms with E-state index in [1.54, 1.807) is 0 Å². The van der Waals surface area contributed by atoms with E-state index in [0.29, 0.717) is 4.47 Å². The van der Waals surface area contributed by atoms with Crippen LogP contribution in [0.1, 0.15) is 0 Å². The highest BCUT2D eigenvalue weighted by Gasteiger charge is 2.04. The molecule has 0 fully saturated rings. The minimum Gasteiger partial charge on any atom is -0.423 e. The summed E-state index contributed by atoms with van der Waals surface area (Å²) in [5.74, 6) is -0.888. The zero-order chi connectivity index (χ0) is 9.14. The number of hydrogen-bond donors (Lipinski definition) is 1. The molecule has 3 nitrogen and oxygen atoms in total. The lowest BCUT2D eigenvalue weighted by Gasteiger charge is -2.02. The molecule has 0 spiro atoms. The predicted molar refractivity (Wildman–Crippen MR) is 45.9 cm³/mol. The molecule has 1 unspecified atom stereocenters. The molecule has 12 heavy (non-hydrogen) atoms. The van der Waals surface area contributed by atoms with Crippen molar-refractivity contribution in [2.75, 3.05) is 0 Å². The van der Waals surface area contributed by atoms with Gasteiger partial charge in [0.25, 0.3) is 0 Å². The van der Waals surface area contributed by atoms with Gasteiger partial charge in [-0.3, -0.25) is 0 Å². The fourth-order valence-corrected chi connectivity index (χ4v) is 1.34. The number of rotatable bonds is 2. The van der Waals surface area contributed by atoms with Crippen molar-refractivity contribution >= 4 is 24.2 Å². The van der Waals surface area contributed by atoms with Gasteiger partial charge in [0.15, 0.2) is 11.6 Å². The van der Waals surface area contributed by atoms with Crippen LogP contribution in [0.15, 0.2) is 22.7 Å². The van der Waals surface area contributed by atoms with Gasteiger partial charge in [-0.1, -0.05) is 15.9 Å². The second kappa shape index (κ2) is 4.03. The Morgan fingerprint density at radius 2 is 2.25 bits per heavy atom. The van der Waals surface area contributed by atoms with Crippen molar-refractivity contribution in [3.05, 3.63) is 28.5 Å². The normalized spacial score (nSPS) is 12.6. The summed E-state index contributed by atoms with van der Waals surface area (Å²) < 4.78 is 27.9. The number of benzene rings is 1. The molecule has 0 aliphatic rings. The Morgan fingerprint density at radius 3 is 2.75 bits per heavy atom. The van der Waals surface area contributed by atoms with E-state index >= 15 is 0 Å². The quantitative estimate of drug-likeness (QED) is 0.825. The third-order valence-corrected chi connectivity index (χ3v) is 1.98. The molecule has 1 aromatic carbocycles. The highest BCUT2D eigenvalue weighted by Crippen LogP contribution is 2.27. The van der Waals surface area contributed by atoms with Gasteiger partial charge in [-0.25, -0.2) is 8.96 Å². The summed E-state index contributed by atoms with van der Waals surface area (Å²) in [5.41, 5.74) is 0. The van der Waals surface area contributed by atoms with Crippen molar-refractivity contribution in [2.45, 2.75) is 0 Å². The van der Waals surface area contributed by atoms with Gasteiger partial charge in [-0.15, -0.1) is 0 Å². The molecule has 0 saturated heterocycles. The van der Waals surface area contributed by atoms with Gasteiger partial charge in [-0.05, 0) is 18.2 Å². The van der Waals surface area contributed by atoms with Crippen LogP contribution in [0.5, 0.6) is 5.75 Å². The summed E-state index contributed by atoms with van der Waals surface area (Å²) in [4.78, 5) is 8.35. The summed E-state index contributed by atoms with van der Waals surface area (Å²) >= 11 is 3.03. The van der Waals surface area contributed by atoms with Crippen LogP contribution >= 0.6 is 24.2 Å². The van der Waals surface area contributed by atoms with Crippen LogP contribution in [0.4, 0.5) is 4.39 Å². The molecule has 1 N–H and O–H groups in total. The van der Waals surface area contributed by atoms with Crippen molar-refractivity contribution in [1.29, 1.82) is 0 Å². The molecule has 0 aromatic heterocycles. The van der Waals surface area contributed by atoms with E-state index in [-0.39, 0.29) is 5.75 Å². The molecule has 0 aliphatic carbocycles. The first-order valence-corrected chi connectivity index (χ1v) is 5.01. The second-order valence-corrected chi connectivity index (χ2v) is 3.59. The van der Waals surface area contributed by atoms with Crippen LogP contribution < -0.4 is 4.52 Å². The van der Waals surface area contributed by atoms with Gasteiger partial charge < -0.3 is 9.42 Å². The van der Waals surface area contributed by atoms with Crippen LogP contribution in [-0.4, -0.2) is 4.89 Å². The van der Waals surface area contributed by atoms with Gasteiger partial charge in [0, 0.05) is 4.47 Å². The molecule has 1 rings (SSSR count). The van der Waals surface area contributed by atoms with Crippen molar-refractivity contribution in [2.24, 2.45) is 0 Å². The minimum atomic E-state index is -3.13. The summed E-state index contributed by atoms with van der Waals surface area (Å²) in [6, 6.07) is 3.95. The van der Waals surface area contributed by atoms with Crippen molar-refractivity contribution in [3.8, 4) is 5.75 Å². The summed E-state index contributed by atoms with van der Waals surface area (Å²) in [7, 11) is -3.13. The molecule has 0 saturated carbocycles. The Kier molecular flexibility index (Phi) is 3.26.